The number of nitrogens with zero attached hydrogens (tertiary/aromatic N) is 5. The molecule has 8 rings (SSSR count). The summed E-state index contributed by atoms with van der Waals surface area (Å²) in [6.45, 7) is 0.250. The normalized spacial score (nSPS) is 17.8. The van der Waals surface area contributed by atoms with Crippen LogP contribution in [0.15, 0.2) is 122 Å². The molecular formula is C48H47F2N5+2. The van der Waals surface area contributed by atoms with Gasteiger partial charge in [0.2, 0.25) is 11.4 Å². The molecule has 0 fully saturated rings. The molecular weight excluding hydrogens is 685 g/mol. The third-order valence-electron chi connectivity index (χ3n) is 9.95. The topological polar surface area (TPSA) is 36.7 Å². The Morgan fingerprint density at radius 3 is 1.96 bits per heavy atom. The lowest BCUT2D eigenvalue weighted by molar-refractivity contribution is 0.0428. The predicted molar refractivity (Wildman–Crippen MR) is 223 cm³/mol. The van der Waals surface area contributed by atoms with E-state index < -0.39 is 72.7 Å². The van der Waals surface area contributed by atoms with Gasteiger partial charge in [0.15, 0.2) is 0 Å². The quantitative estimate of drug-likeness (QED) is 0.165. The molecule has 55 heavy (non-hydrogen) atoms. The van der Waals surface area contributed by atoms with E-state index in [4.69, 9.17) is 17.8 Å². The van der Waals surface area contributed by atoms with Crippen LogP contribution in [0.4, 0.5) is 31.5 Å². The molecule has 0 N–H and O–H groups in total. The molecule has 276 valence electrons. The van der Waals surface area contributed by atoms with Crippen molar-refractivity contribution in [1.29, 1.82) is 0 Å². The van der Waals surface area contributed by atoms with Crippen LogP contribution in [-0.4, -0.2) is 20.5 Å². The second kappa shape index (κ2) is 12.6. The van der Waals surface area contributed by atoms with Gasteiger partial charge in [-0.25, -0.2) is 4.98 Å². The molecule has 1 aliphatic rings. The average molecular weight is 745 g/mol. The van der Waals surface area contributed by atoms with Crippen LogP contribution in [0.3, 0.4) is 0 Å². The summed E-state index contributed by atoms with van der Waals surface area (Å²) in [5, 5.41) is 1.45. The van der Waals surface area contributed by atoms with E-state index in [1.807, 2.05) is 43.5 Å². The van der Waals surface area contributed by atoms with Gasteiger partial charge < -0.3 is 0 Å². The van der Waals surface area contributed by atoms with Crippen molar-refractivity contribution in [2.45, 2.75) is 84.3 Å². The SMILES string of the molecule is [2H]c1c([2H])c(C(C([2H])([2H])[2H])(C([2H])([2H])[2H])C([2H])([2H])[2H])c([2H])c([2H])c1[N+]1=C=[N+](c2cc(C(C)(C)C)cc(C(F)(F)c3ccc4c5cnccc5n(-c5cc(C(C)(C)C)ccn5)c4c3)c2)c2ccccc21. The van der Waals surface area contributed by atoms with Gasteiger partial charge in [0.05, 0.1) is 16.5 Å². The fraction of sp³-hybridized carbons (Fsp3) is 0.271. The van der Waals surface area contributed by atoms with Gasteiger partial charge in [0.1, 0.15) is 5.82 Å². The standard InChI is InChI=1S/C48H47F2N5/c1-45(2,3)31-14-17-36(18-15-31)53-30-54(42-13-11-10-12-41(42)53)37-25-34(47(7,8)9)24-35(26-37)48(49,50)33-16-19-38-39-29-51-22-21-40(39)55(43(38)27-33)44-28-32(20-23-52-44)46(4,5)6/h10-29H,1-9H3/q+2/i1D3,2D3,3D3,14D,15D,17D,18D. The van der Waals surface area contributed by atoms with E-state index in [1.165, 1.54) is 28.8 Å². The van der Waals surface area contributed by atoms with Gasteiger partial charge in [-0.3, -0.25) is 9.55 Å². The van der Waals surface area contributed by atoms with Crippen molar-refractivity contribution in [3.63, 3.8) is 0 Å². The Balaban J connectivity index is 1.36. The first-order valence-electron chi connectivity index (χ1n) is 24.3. The molecule has 0 aliphatic carbocycles. The Labute approximate surface area is 340 Å². The number of para-hydroxylation sites is 2. The molecule has 0 amide bonds. The zero-order valence-electron chi connectivity index (χ0n) is 44.2. The predicted octanol–water partition coefficient (Wildman–Crippen LogP) is 12.5. The Morgan fingerprint density at radius 1 is 0.618 bits per heavy atom. The Kier molecular flexibility index (Phi) is 5.49. The number of hydrogen-bond acceptors (Lipinski definition) is 2. The van der Waals surface area contributed by atoms with Crippen LogP contribution >= 0.6 is 0 Å². The van der Waals surface area contributed by atoms with E-state index >= 15 is 8.78 Å². The highest BCUT2D eigenvalue weighted by atomic mass is 19.3. The maximum atomic E-state index is 17.6. The minimum absolute atomic E-state index is 0.185. The zero-order valence-corrected chi connectivity index (χ0v) is 31.2. The van der Waals surface area contributed by atoms with Crippen LogP contribution in [0, 0.1) is 0 Å². The van der Waals surface area contributed by atoms with Gasteiger partial charge in [-0.1, -0.05) is 98.4 Å². The fourth-order valence-electron chi connectivity index (χ4n) is 6.86. The Morgan fingerprint density at radius 2 is 1.29 bits per heavy atom. The van der Waals surface area contributed by atoms with Crippen LogP contribution < -0.4 is 9.15 Å². The highest BCUT2D eigenvalue weighted by Gasteiger charge is 2.41. The molecule has 0 radical (unpaired) electrons. The Hall–Kier alpha value is -5.78. The summed E-state index contributed by atoms with van der Waals surface area (Å²) in [5.74, 6) is -3.07. The number of halogens is 2. The average Bonchev–Trinajstić information content (AvgIpc) is 3.78. The molecule has 3 aromatic heterocycles. The van der Waals surface area contributed by atoms with Crippen molar-refractivity contribution in [2.24, 2.45) is 0 Å². The van der Waals surface area contributed by atoms with Crippen LogP contribution in [0.5, 0.6) is 0 Å². The van der Waals surface area contributed by atoms with E-state index in [2.05, 4.69) is 36.7 Å². The number of pyridine rings is 2. The molecule has 0 unspecified atom stereocenters. The largest absolute Gasteiger partial charge is 0.503 e. The van der Waals surface area contributed by atoms with E-state index in [1.54, 1.807) is 55.0 Å². The van der Waals surface area contributed by atoms with Crippen molar-refractivity contribution in [3.05, 3.63) is 149 Å². The lowest BCUT2D eigenvalue weighted by Crippen LogP contribution is -2.19. The van der Waals surface area contributed by atoms with Crippen molar-refractivity contribution in [1.82, 2.24) is 23.7 Å². The highest BCUT2D eigenvalue weighted by molar-refractivity contribution is 6.09. The first-order chi connectivity index (χ1) is 31.3. The first kappa shape index (κ1) is 23.9. The number of hydrogen-bond donors (Lipinski definition) is 0. The van der Waals surface area contributed by atoms with E-state index in [-0.39, 0.29) is 27.9 Å². The first-order valence-corrected chi connectivity index (χ1v) is 17.8. The van der Waals surface area contributed by atoms with Crippen molar-refractivity contribution in [3.8, 4) is 5.82 Å². The smallest absolute Gasteiger partial charge is 0.294 e. The molecule has 0 spiro atoms. The summed E-state index contributed by atoms with van der Waals surface area (Å²) in [6, 6.07) is 19.8. The minimum Gasteiger partial charge on any atom is -0.294 e. The van der Waals surface area contributed by atoms with Gasteiger partial charge in [-0.15, -0.1) is 0 Å². The van der Waals surface area contributed by atoms with Gasteiger partial charge in [-0.05, 0) is 72.4 Å². The molecule has 0 saturated carbocycles. The van der Waals surface area contributed by atoms with E-state index in [0.717, 1.165) is 21.0 Å². The Bertz CT molecular complexity index is 3230. The van der Waals surface area contributed by atoms with Crippen molar-refractivity contribution >= 4 is 50.6 Å². The number of aromatic nitrogens is 3. The lowest BCUT2D eigenvalue weighted by atomic mass is 9.84. The summed E-state index contributed by atoms with van der Waals surface area (Å²) in [5.41, 5.74) is -3.81. The minimum atomic E-state index is -3.86. The summed E-state index contributed by atoms with van der Waals surface area (Å²) in [6.07, 6.45) is 5.03. The van der Waals surface area contributed by atoms with Crippen LogP contribution in [0.1, 0.15) is 108 Å². The summed E-state index contributed by atoms with van der Waals surface area (Å²) >= 11 is 0. The highest BCUT2D eigenvalue weighted by Crippen LogP contribution is 2.44. The molecule has 7 aromatic rings. The molecule has 4 heterocycles. The van der Waals surface area contributed by atoms with Crippen molar-refractivity contribution in [2.75, 3.05) is 0 Å². The maximum Gasteiger partial charge on any atom is 0.503 e. The third-order valence-corrected chi connectivity index (χ3v) is 9.95. The lowest BCUT2D eigenvalue weighted by Gasteiger charge is -2.23. The molecule has 7 heteroatoms. The second-order valence-electron chi connectivity index (χ2n) is 15.9. The third kappa shape index (κ3) is 6.36. The van der Waals surface area contributed by atoms with E-state index in [9.17, 15) is 0 Å². The molecule has 0 bridgehead atoms. The van der Waals surface area contributed by atoms with Crippen LogP contribution in [-0.2, 0) is 22.2 Å². The van der Waals surface area contributed by atoms with Gasteiger partial charge >= 0.3 is 6.01 Å². The summed E-state index contributed by atoms with van der Waals surface area (Å²) < 4.78 is 150. The molecule has 0 atom stereocenters. The molecule has 0 saturated heterocycles. The summed E-state index contributed by atoms with van der Waals surface area (Å²) in [4.78, 5) is 9.00. The van der Waals surface area contributed by atoms with Gasteiger partial charge in [0, 0.05) is 89.2 Å². The summed E-state index contributed by atoms with van der Waals surface area (Å²) in [7, 11) is 0. The molecule has 4 aromatic carbocycles. The zero-order chi connectivity index (χ0) is 50.1. The van der Waals surface area contributed by atoms with Gasteiger partial charge in [-0.2, -0.15) is 8.78 Å². The number of alkyl halides is 2. The monoisotopic (exact) mass is 744 g/mol. The van der Waals surface area contributed by atoms with Crippen LogP contribution in [0.25, 0.3) is 27.6 Å². The van der Waals surface area contributed by atoms with E-state index in [0.29, 0.717) is 28.0 Å². The maximum absolute atomic E-state index is 17.6. The number of benzene rings is 4. The second-order valence-corrected chi connectivity index (χ2v) is 15.9. The van der Waals surface area contributed by atoms with Crippen molar-refractivity contribution < 1.29 is 26.6 Å². The van der Waals surface area contributed by atoms with Gasteiger partial charge in [0.25, 0.3) is 17.3 Å². The molecule has 1 aliphatic heterocycles. The fourth-order valence-corrected chi connectivity index (χ4v) is 6.86. The van der Waals surface area contributed by atoms with Crippen LogP contribution in [0.2, 0.25) is 0 Å². The number of rotatable bonds is 5. The number of fused-ring (bicyclic) bond motifs is 4. The molecule has 5 nitrogen and oxygen atoms in total.